The van der Waals surface area contributed by atoms with Crippen LogP contribution in [0.5, 0.6) is 0 Å². The van der Waals surface area contributed by atoms with Crippen molar-refractivity contribution in [1.29, 1.82) is 0 Å². The summed E-state index contributed by atoms with van der Waals surface area (Å²) in [5.74, 6) is 0.593. The lowest BCUT2D eigenvalue weighted by atomic mass is 10.0. The quantitative estimate of drug-likeness (QED) is 0.825. The van der Waals surface area contributed by atoms with Crippen molar-refractivity contribution in [1.82, 2.24) is 14.7 Å². The van der Waals surface area contributed by atoms with Crippen LogP contribution in [0.25, 0.3) is 0 Å². The molecule has 5 nitrogen and oxygen atoms in total. The lowest BCUT2D eigenvalue weighted by Gasteiger charge is -2.25. The van der Waals surface area contributed by atoms with Gasteiger partial charge in [0, 0.05) is 19.1 Å². The lowest BCUT2D eigenvalue weighted by Crippen LogP contribution is -2.34. The van der Waals surface area contributed by atoms with E-state index in [-0.39, 0.29) is 5.56 Å². The molecule has 0 spiro atoms. The van der Waals surface area contributed by atoms with E-state index in [2.05, 4.69) is 59.2 Å². The number of nitrogens with zero attached hydrogens (tertiary/aromatic N) is 3. The van der Waals surface area contributed by atoms with Gasteiger partial charge in [-0.2, -0.15) is 5.10 Å². The van der Waals surface area contributed by atoms with Crippen LogP contribution in [-0.2, 0) is 6.54 Å². The summed E-state index contributed by atoms with van der Waals surface area (Å²) >= 11 is 3.38. The Kier molecular flexibility index (Phi) is 6.68. The predicted octanol–water partition coefficient (Wildman–Crippen LogP) is 2.41. The highest BCUT2D eigenvalue weighted by atomic mass is 79.9. The Morgan fingerprint density at radius 1 is 1.45 bits per heavy atom. The van der Waals surface area contributed by atoms with Gasteiger partial charge < -0.3 is 10.2 Å². The molecular weight excluding hydrogens is 320 g/mol. The first-order valence-corrected chi connectivity index (χ1v) is 7.81. The van der Waals surface area contributed by atoms with E-state index in [1.807, 2.05) is 6.92 Å². The minimum atomic E-state index is -0.0920. The van der Waals surface area contributed by atoms with Gasteiger partial charge in [-0.05, 0) is 49.3 Å². The number of aromatic nitrogens is 2. The van der Waals surface area contributed by atoms with Crippen LogP contribution < -0.4 is 10.9 Å². The molecule has 1 rings (SSSR count). The Bertz CT molecular complexity index is 475. The van der Waals surface area contributed by atoms with Gasteiger partial charge in [0.2, 0.25) is 0 Å². The van der Waals surface area contributed by atoms with Crippen LogP contribution in [0.3, 0.4) is 0 Å². The van der Waals surface area contributed by atoms with Crippen molar-refractivity contribution in [2.24, 2.45) is 5.92 Å². The molecule has 0 aromatic carbocycles. The van der Waals surface area contributed by atoms with E-state index in [4.69, 9.17) is 0 Å². The second kappa shape index (κ2) is 7.78. The van der Waals surface area contributed by atoms with E-state index in [0.29, 0.717) is 23.0 Å². The second-order valence-electron chi connectivity index (χ2n) is 5.73. The fraction of sp³-hybridized carbons (Fsp3) is 0.714. The summed E-state index contributed by atoms with van der Waals surface area (Å²) in [6.45, 7) is 7.80. The number of likely N-dealkylation sites (N-methyl/N-ethyl adjacent to an activating group) is 1. The number of rotatable bonds is 7. The van der Waals surface area contributed by atoms with E-state index in [0.717, 1.165) is 18.7 Å². The lowest BCUT2D eigenvalue weighted by molar-refractivity contribution is 0.356. The summed E-state index contributed by atoms with van der Waals surface area (Å²) in [5.41, 5.74) is 0.679. The maximum absolute atomic E-state index is 12.0. The Labute approximate surface area is 129 Å². The van der Waals surface area contributed by atoms with Gasteiger partial charge in [0.15, 0.2) is 0 Å². The van der Waals surface area contributed by atoms with Crippen LogP contribution in [0.2, 0.25) is 0 Å². The van der Waals surface area contributed by atoms with Crippen LogP contribution in [0.15, 0.2) is 15.5 Å². The van der Waals surface area contributed by atoms with Crippen LogP contribution in [0, 0.1) is 5.92 Å². The molecule has 0 radical (unpaired) electrons. The number of anilines is 1. The average Bonchev–Trinajstić information content (AvgIpc) is 2.33. The fourth-order valence-electron chi connectivity index (χ4n) is 2.20. The number of hydrogen-bond donors (Lipinski definition) is 1. The zero-order valence-corrected chi connectivity index (χ0v) is 14.6. The largest absolute Gasteiger partial charge is 0.379 e. The molecular formula is C14H25BrN4O. The molecule has 1 N–H and O–H groups in total. The average molecular weight is 345 g/mol. The Balaban J connectivity index is 2.93. The van der Waals surface area contributed by atoms with Gasteiger partial charge in [-0.1, -0.05) is 13.8 Å². The SMILES string of the molecule is CCn1ncc(NC(CC(C)C)CN(C)C)c(Br)c1=O. The van der Waals surface area contributed by atoms with E-state index in [1.165, 1.54) is 4.68 Å². The Morgan fingerprint density at radius 3 is 2.60 bits per heavy atom. The zero-order chi connectivity index (χ0) is 15.3. The monoisotopic (exact) mass is 344 g/mol. The van der Waals surface area contributed by atoms with E-state index in [9.17, 15) is 4.79 Å². The highest BCUT2D eigenvalue weighted by Gasteiger charge is 2.15. The molecule has 0 bridgehead atoms. The van der Waals surface area contributed by atoms with Crippen molar-refractivity contribution < 1.29 is 0 Å². The Morgan fingerprint density at radius 2 is 2.10 bits per heavy atom. The summed E-state index contributed by atoms with van der Waals surface area (Å²) in [4.78, 5) is 14.2. The summed E-state index contributed by atoms with van der Waals surface area (Å²) in [5, 5.41) is 7.60. The maximum atomic E-state index is 12.0. The third kappa shape index (κ3) is 4.90. The highest BCUT2D eigenvalue weighted by Crippen LogP contribution is 2.19. The first-order chi connectivity index (χ1) is 9.35. The molecule has 0 aliphatic heterocycles. The number of aryl methyl sites for hydroxylation is 1. The molecule has 20 heavy (non-hydrogen) atoms. The second-order valence-corrected chi connectivity index (χ2v) is 6.52. The van der Waals surface area contributed by atoms with Gasteiger partial charge in [0.05, 0.1) is 11.9 Å². The molecule has 1 heterocycles. The van der Waals surface area contributed by atoms with Crippen molar-refractivity contribution in [2.75, 3.05) is 26.0 Å². The summed E-state index contributed by atoms with van der Waals surface area (Å²) in [6, 6.07) is 0.292. The van der Waals surface area contributed by atoms with Gasteiger partial charge >= 0.3 is 0 Å². The third-order valence-electron chi connectivity index (χ3n) is 2.99. The molecule has 1 aromatic rings. The minimum Gasteiger partial charge on any atom is -0.379 e. The molecule has 1 atom stereocenters. The van der Waals surface area contributed by atoms with E-state index < -0.39 is 0 Å². The Hall–Kier alpha value is -0.880. The molecule has 0 fully saturated rings. The summed E-state index contributed by atoms with van der Waals surface area (Å²) < 4.78 is 2.00. The standard InChI is InChI=1S/C14H25BrN4O/c1-6-19-14(20)13(15)12(8-16-19)17-11(7-10(2)3)9-18(4)5/h8,10-11,17H,6-7,9H2,1-5H3. The van der Waals surface area contributed by atoms with Gasteiger partial charge in [-0.3, -0.25) is 4.79 Å². The topological polar surface area (TPSA) is 50.2 Å². The molecule has 1 unspecified atom stereocenters. The van der Waals surface area contributed by atoms with Gasteiger partial charge in [-0.25, -0.2) is 4.68 Å². The smallest absolute Gasteiger partial charge is 0.283 e. The molecule has 6 heteroatoms. The van der Waals surface area contributed by atoms with Crippen molar-refractivity contribution in [3.05, 3.63) is 21.0 Å². The van der Waals surface area contributed by atoms with Crippen molar-refractivity contribution in [3.8, 4) is 0 Å². The van der Waals surface area contributed by atoms with Gasteiger partial charge in [-0.15, -0.1) is 0 Å². The van der Waals surface area contributed by atoms with Gasteiger partial charge in [0.1, 0.15) is 4.47 Å². The third-order valence-corrected chi connectivity index (χ3v) is 3.75. The molecule has 0 amide bonds. The fourth-order valence-corrected chi connectivity index (χ4v) is 2.62. The normalized spacial score (nSPS) is 13.0. The summed E-state index contributed by atoms with van der Waals surface area (Å²) in [7, 11) is 4.11. The highest BCUT2D eigenvalue weighted by molar-refractivity contribution is 9.10. The van der Waals surface area contributed by atoms with Crippen LogP contribution >= 0.6 is 15.9 Å². The number of hydrogen-bond acceptors (Lipinski definition) is 4. The first kappa shape index (κ1) is 17.2. The van der Waals surface area contributed by atoms with Crippen LogP contribution in [-0.4, -0.2) is 41.4 Å². The van der Waals surface area contributed by atoms with Crippen molar-refractivity contribution in [2.45, 2.75) is 39.8 Å². The molecule has 0 saturated carbocycles. The maximum Gasteiger partial charge on any atom is 0.283 e. The van der Waals surface area contributed by atoms with E-state index >= 15 is 0 Å². The predicted molar refractivity (Wildman–Crippen MR) is 87.3 cm³/mol. The molecule has 0 aliphatic carbocycles. The minimum absolute atomic E-state index is 0.0920. The summed E-state index contributed by atoms with van der Waals surface area (Å²) in [6.07, 6.45) is 2.76. The molecule has 0 saturated heterocycles. The van der Waals surface area contributed by atoms with Gasteiger partial charge in [0.25, 0.3) is 5.56 Å². The zero-order valence-electron chi connectivity index (χ0n) is 13.0. The van der Waals surface area contributed by atoms with Crippen molar-refractivity contribution in [3.63, 3.8) is 0 Å². The number of halogens is 1. The molecule has 1 aromatic heterocycles. The first-order valence-electron chi connectivity index (χ1n) is 7.02. The van der Waals surface area contributed by atoms with E-state index in [1.54, 1.807) is 6.20 Å². The van der Waals surface area contributed by atoms with Crippen LogP contribution in [0.4, 0.5) is 5.69 Å². The molecule has 0 aliphatic rings. The number of nitrogens with one attached hydrogen (secondary N) is 1. The molecule has 114 valence electrons. The van der Waals surface area contributed by atoms with Crippen LogP contribution in [0.1, 0.15) is 27.2 Å². The van der Waals surface area contributed by atoms with Crippen molar-refractivity contribution >= 4 is 21.6 Å².